The number of benzene rings is 1. The van der Waals surface area contributed by atoms with Crippen molar-refractivity contribution in [3.63, 3.8) is 0 Å². The fourth-order valence-electron chi connectivity index (χ4n) is 3.09. The molecule has 1 heterocycles. The molecule has 0 atom stereocenters. The van der Waals surface area contributed by atoms with Crippen LogP contribution in [0.15, 0.2) is 35.3 Å². The highest BCUT2D eigenvalue weighted by atomic mass is 127. The van der Waals surface area contributed by atoms with Crippen LogP contribution in [-0.4, -0.2) is 81.8 Å². The molecule has 1 aromatic rings. The first kappa shape index (κ1) is 24.1. The number of halogens is 1. The number of rotatable bonds is 10. The molecule has 0 unspecified atom stereocenters. The predicted octanol–water partition coefficient (Wildman–Crippen LogP) is 2.01. The van der Waals surface area contributed by atoms with Gasteiger partial charge in [-0.25, -0.2) is 0 Å². The van der Waals surface area contributed by atoms with Crippen molar-refractivity contribution in [2.45, 2.75) is 19.9 Å². The highest BCUT2D eigenvalue weighted by Crippen LogP contribution is 2.07. The average Bonchev–Trinajstić information content (AvgIpc) is 2.68. The molecule has 1 saturated heterocycles. The molecule has 0 amide bonds. The Bertz CT molecular complexity index is 506. The van der Waals surface area contributed by atoms with Gasteiger partial charge in [-0.15, -0.1) is 24.0 Å². The van der Waals surface area contributed by atoms with Crippen molar-refractivity contribution < 1.29 is 4.74 Å². The van der Waals surface area contributed by atoms with Crippen LogP contribution in [0.4, 0.5) is 0 Å². The predicted molar refractivity (Wildman–Crippen MR) is 124 cm³/mol. The highest BCUT2D eigenvalue weighted by Gasteiger charge is 2.16. The van der Waals surface area contributed by atoms with Crippen LogP contribution in [0.3, 0.4) is 0 Å². The molecule has 154 valence electrons. The van der Waals surface area contributed by atoms with Gasteiger partial charge in [-0.05, 0) is 18.9 Å². The molecule has 1 aromatic carbocycles. The van der Waals surface area contributed by atoms with Crippen molar-refractivity contribution in [3.05, 3.63) is 35.9 Å². The van der Waals surface area contributed by atoms with Crippen molar-refractivity contribution >= 4 is 29.9 Å². The molecule has 7 heteroatoms. The molecule has 0 aliphatic carbocycles. The molecule has 1 fully saturated rings. The van der Waals surface area contributed by atoms with Gasteiger partial charge < -0.3 is 15.4 Å². The average molecular weight is 489 g/mol. The summed E-state index contributed by atoms with van der Waals surface area (Å²) in [4.78, 5) is 9.34. The Balaban J connectivity index is 0.00000364. The molecule has 2 N–H and O–H groups in total. The molecule has 1 aliphatic rings. The van der Waals surface area contributed by atoms with Crippen LogP contribution in [0.25, 0.3) is 0 Å². The Morgan fingerprint density at radius 3 is 2.37 bits per heavy atom. The Hall–Kier alpha value is -0.900. The molecule has 6 nitrogen and oxygen atoms in total. The molecule has 0 bridgehead atoms. The van der Waals surface area contributed by atoms with Crippen molar-refractivity contribution in [2.75, 3.05) is 66.1 Å². The van der Waals surface area contributed by atoms with Crippen LogP contribution in [0, 0.1) is 0 Å². The van der Waals surface area contributed by atoms with Crippen molar-refractivity contribution in [2.24, 2.45) is 4.99 Å². The largest absolute Gasteiger partial charge is 0.382 e. The second kappa shape index (κ2) is 15.1. The minimum atomic E-state index is 0. The molecule has 2 rings (SSSR count). The fraction of sp³-hybridized carbons (Fsp3) is 0.650. The van der Waals surface area contributed by atoms with Gasteiger partial charge >= 0.3 is 0 Å². The normalized spacial score (nSPS) is 16.0. The first-order chi connectivity index (χ1) is 12.8. The van der Waals surface area contributed by atoms with E-state index in [2.05, 4.69) is 55.8 Å². The molecule has 0 saturated carbocycles. The summed E-state index contributed by atoms with van der Waals surface area (Å²) in [5.74, 6) is 0.879. The maximum Gasteiger partial charge on any atom is 0.191 e. The summed E-state index contributed by atoms with van der Waals surface area (Å²) in [7, 11) is 1.82. The maximum absolute atomic E-state index is 5.34. The lowest BCUT2D eigenvalue weighted by atomic mass is 10.2. The molecule has 0 aromatic heterocycles. The topological polar surface area (TPSA) is 52.1 Å². The molecule has 1 aliphatic heterocycles. The SMILES string of the molecule is CCOCCCNC(=NC)NCCN1CCN(Cc2ccccc2)CC1.I. The van der Waals surface area contributed by atoms with E-state index >= 15 is 0 Å². The van der Waals surface area contributed by atoms with Gasteiger partial charge in [0.1, 0.15) is 0 Å². The highest BCUT2D eigenvalue weighted by molar-refractivity contribution is 14.0. The van der Waals surface area contributed by atoms with Crippen LogP contribution >= 0.6 is 24.0 Å². The Morgan fingerprint density at radius 2 is 1.70 bits per heavy atom. The smallest absolute Gasteiger partial charge is 0.191 e. The summed E-state index contributed by atoms with van der Waals surface area (Å²) >= 11 is 0. The van der Waals surface area contributed by atoms with Crippen LogP contribution < -0.4 is 10.6 Å². The van der Waals surface area contributed by atoms with Gasteiger partial charge in [0.15, 0.2) is 5.96 Å². The van der Waals surface area contributed by atoms with Crippen molar-refractivity contribution in [3.8, 4) is 0 Å². The summed E-state index contributed by atoms with van der Waals surface area (Å²) in [5.41, 5.74) is 1.40. The third-order valence-corrected chi connectivity index (χ3v) is 4.62. The van der Waals surface area contributed by atoms with E-state index in [4.69, 9.17) is 4.74 Å². The van der Waals surface area contributed by atoms with E-state index in [0.29, 0.717) is 0 Å². The summed E-state index contributed by atoms with van der Waals surface area (Å²) < 4.78 is 5.34. The van der Waals surface area contributed by atoms with Gasteiger partial charge in [-0.3, -0.25) is 14.8 Å². The number of ether oxygens (including phenoxy) is 1. The number of aliphatic imine (C=N–C) groups is 1. The van der Waals surface area contributed by atoms with Gasteiger partial charge in [0.2, 0.25) is 0 Å². The number of hydrogen-bond donors (Lipinski definition) is 2. The number of piperazine rings is 1. The van der Waals surface area contributed by atoms with E-state index in [0.717, 1.165) is 78.0 Å². The minimum Gasteiger partial charge on any atom is -0.382 e. The van der Waals surface area contributed by atoms with E-state index in [1.807, 2.05) is 14.0 Å². The first-order valence-electron chi connectivity index (χ1n) is 9.82. The molecular formula is C20H36IN5O. The van der Waals surface area contributed by atoms with E-state index in [1.165, 1.54) is 5.56 Å². The van der Waals surface area contributed by atoms with Crippen LogP contribution in [0.5, 0.6) is 0 Å². The zero-order valence-corrected chi connectivity index (χ0v) is 19.2. The van der Waals surface area contributed by atoms with Gasteiger partial charge in [0, 0.05) is 72.6 Å². The zero-order chi connectivity index (χ0) is 18.5. The summed E-state index contributed by atoms with van der Waals surface area (Å²) in [6, 6.07) is 10.7. The van der Waals surface area contributed by atoms with Gasteiger partial charge in [0.25, 0.3) is 0 Å². The van der Waals surface area contributed by atoms with Gasteiger partial charge in [-0.1, -0.05) is 30.3 Å². The first-order valence-corrected chi connectivity index (χ1v) is 9.82. The lowest BCUT2D eigenvalue weighted by Gasteiger charge is -2.34. The minimum absolute atomic E-state index is 0. The lowest BCUT2D eigenvalue weighted by molar-refractivity contribution is 0.129. The standard InChI is InChI=1S/C20H35N5O.HI/c1-3-26-17-7-10-22-20(21-2)23-11-12-24-13-15-25(16-14-24)18-19-8-5-4-6-9-19;/h4-6,8-9H,3,7,10-18H2,1-2H3,(H2,21,22,23);1H. The third-order valence-electron chi connectivity index (χ3n) is 4.62. The molecular weight excluding hydrogens is 453 g/mol. The van der Waals surface area contributed by atoms with Gasteiger partial charge in [0.05, 0.1) is 0 Å². The summed E-state index contributed by atoms with van der Waals surface area (Å²) in [5, 5.41) is 6.73. The Labute approximate surface area is 181 Å². The maximum atomic E-state index is 5.34. The van der Waals surface area contributed by atoms with Crippen molar-refractivity contribution in [1.29, 1.82) is 0 Å². The number of hydrogen-bond acceptors (Lipinski definition) is 4. The monoisotopic (exact) mass is 489 g/mol. The van der Waals surface area contributed by atoms with Gasteiger partial charge in [-0.2, -0.15) is 0 Å². The van der Waals surface area contributed by atoms with Crippen LogP contribution in [0.1, 0.15) is 18.9 Å². The second-order valence-electron chi connectivity index (χ2n) is 6.58. The molecule has 0 spiro atoms. The van der Waals surface area contributed by atoms with E-state index in [-0.39, 0.29) is 24.0 Å². The van der Waals surface area contributed by atoms with Crippen LogP contribution in [-0.2, 0) is 11.3 Å². The van der Waals surface area contributed by atoms with E-state index in [1.54, 1.807) is 0 Å². The molecule has 0 radical (unpaired) electrons. The third kappa shape index (κ3) is 10.3. The molecule has 27 heavy (non-hydrogen) atoms. The second-order valence-corrected chi connectivity index (χ2v) is 6.58. The zero-order valence-electron chi connectivity index (χ0n) is 16.8. The number of nitrogens with one attached hydrogen (secondary N) is 2. The number of guanidine groups is 1. The lowest BCUT2D eigenvalue weighted by Crippen LogP contribution is -2.49. The number of nitrogens with zero attached hydrogens (tertiary/aromatic N) is 3. The quantitative estimate of drug-likeness (QED) is 0.228. The van der Waals surface area contributed by atoms with E-state index in [9.17, 15) is 0 Å². The van der Waals surface area contributed by atoms with E-state index < -0.39 is 0 Å². The van der Waals surface area contributed by atoms with Crippen LogP contribution in [0.2, 0.25) is 0 Å². The fourth-order valence-corrected chi connectivity index (χ4v) is 3.09. The summed E-state index contributed by atoms with van der Waals surface area (Å²) in [6.07, 6.45) is 0.998. The van der Waals surface area contributed by atoms with Crippen molar-refractivity contribution in [1.82, 2.24) is 20.4 Å². The summed E-state index contributed by atoms with van der Waals surface area (Å²) in [6.45, 7) is 12.1. The Kier molecular flexibility index (Phi) is 13.5. The Morgan fingerprint density at radius 1 is 1.04 bits per heavy atom.